The number of thiophene rings is 1. The molecule has 1 heterocycles. The molecule has 1 amide bonds. The average molecular weight is 324 g/mol. The Morgan fingerprint density at radius 2 is 2.06 bits per heavy atom. The van der Waals surface area contributed by atoms with Crippen molar-refractivity contribution in [3.8, 4) is 0 Å². The molecule has 0 aliphatic carbocycles. The van der Waals surface area contributed by atoms with Crippen LogP contribution >= 0.6 is 27.3 Å². The molecule has 2 nitrogen and oxygen atoms in total. The first-order valence-corrected chi connectivity index (χ1v) is 7.47. The van der Waals surface area contributed by atoms with E-state index < -0.39 is 0 Å². The van der Waals surface area contributed by atoms with E-state index in [1.165, 1.54) is 11.3 Å². The lowest BCUT2D eigenvalue weighted by molar-refractivity contribution is 0.0939. The molecule has 0 spiro atoms. The van der Waals surface area contributed by atoms with E-state index in [0.717, 1.165) is 21.3 Å². The van der Waals surface area contributed by atoms with Crippen molar-refractivity contribution in [3.63, 3.8) is 0 Å². The number of carbonyl (C=O) groups excluding carboxylic acids is 1. The standard InChI is InChI=1S/C14H14BrNOS/c1-2-12(10-5-7-11(15)8-6-10)16-14(17)13-4-3-9-18-13/h3-9,12H,2H2,1H3,(H,16,17)/t12-/m1/s1. The van der Waals surface area contributed by atoms with Gasteiger partial charge in [0, 0.05) is 4.47 Å². The lowest BCUT2D eigenvalue weighted by Gasteiger charge is -2.17. The van der Waals surface area contributed by atoms with Gasteiger partial charge in [0.1, 0.15) is 0 Å². The number of amides is 1. The zero-order valence-electron chi connectivity index (χ0n) is 10.0. The Morgan fingerprint density at radius 3 is 2.61 bits per heavy atom. The summed E-state index contributed by atoms with van der Waals surface area (Å²) in [6, 6.07) is 11.9. The zero-order chi connectivity index (χ0) is 13.0. The molecular formula is C14H14BrNOS. The van der Waals surface area contributed by atoms with E-state index in [1.54, 1.807) is 0 Å². The molecule has 2 rings (SSSR count). The minimum absolute atomic E-state index is 0.000214. The van der Waals surface area contributed by atoms with Crippen LogP contribution in [0.4, 0.5) is 0 Å². The number of carbonyl (C=O) groups is 1. The third-order valence-corrected chi connectivity index (χ3v) is 4.13. The summed E-state index contributed by atoms with van der Waals surface area (Å²) in [7, 11) is 0. The molecule has 18 heavy (non-hydrogen) atoms. The van der Waals surface area contributed by atoms with Gasteiger partial charge < -0.3 is 5.32 Å². The van der Waals surface area contributed by atoms with Crippen LogP contribution in [0.5, 0.6) is 0 Å². The number of hydrogen-bond acceptors (Lipinski definition) is 2. The Hall–Kier alpha value is -1.13. The molecule has 1 aromatic carbocycles. The fraction of sp³-hybridized carbons (Fsp3) is 0.214. The lowest BCUT2D eigenvalue weighted by atomic mass is 10.0. The first-order valence-electron chi connectivity index (χ1n) is 5.80. The number of nitrogens with one attached hydrogen (secondary N) is 1. The van der Waals surface area contributed by atoms with E-state index in [0.29, 0.717) is 0 Å². The molecule has 0 unspecified atom stereocenters. The summed E-state index contributed by atoms with van der Waals surface area (Å²) in [6.45, 7) is 2.07. The monoisotopic (exact) mass is 323 g/mol. The van der Waals surface area contributed by atoms with Crippen molar-refractivity contribution in [2.45, 2.75) is 19.4 Å². The first kappa shape index (κ1) is 13.3. The molecule has 0 aliphatic rings. The average Bonchev–Trinajstić information content (AvgIpc) is 2.91. The predicted molar refractivity (Wildman–Crippen MR) is 79.0 cm³/mol. The predicted octanol–water partition coefficient (Wildman–Crippen LogP) is 4.39. The molecule has 0 saturated heterocycles. The van der Waals surface area contributed by atoms with Gasteiger partial charge in [-0.05, 0) is 35.6 Å². The Balaban J connectivity index is 2.10. The molecule has 2 aromatic rings. The third-order valence-electron chi connectivity index (χ3n) is 2.73. The number of hydrogen-bond donors (Lipinski definition) is 1. The van der Waals surface area contributed by atoms with Gasteiger partial charge in [-0.1, -0.05) is 41.1 Å². The molecule has 0 aliphatic heterocycles. The van der Waals surface area contributed by atoms with Crippen LogP contribution in [0.1, 0.15) is 34.6 Å². The number of benzene rings is 1. The van der Waals surface area contributed by atoms with Crippen molar-refractivity contribution < 1.29 is 4.79 Å². The van der Waals surface area contributed by atoms with Gasteiger partial charge in [0.25, 0.3) is 5.91 Å². The summed E-state index contributed by atoms with van der Waals surface area (Å²) < 4.78 is 1.05. The fourth-order valence-electron chi connectivity index (χ4n) is 1.75. The Labute approximate surface area is 119 Å². The third kappa shape index (κ3) is 3.21. The van der Waals surface area contributed by atoms with Gasteiger partial charge in [-0.3, -0.25) is 4.79 Å². The lowest BCUT2D eigenvalue weighted by Crippen LogP contribution is -2.27. The zero-order valence-corrected chi connectivity index (χ0v) is 12.4. The molecule has 0 radical (unpaired) electrons. The summed E-state index contributed by atoms with van der Waals surface area (Å²) in [4.78, 5) is 12.8. The first-order chi connectivity index (χ1) is 8.70. The maximum absolute atomic E-state index is 12.0. The van der Waals surface area contributed by atoms with Crippen molar-refractivity contribution in [2.75, 3.05) is 0 Å². The molecule has 1 atom stereocenters. The number of rotatable bonds is 4. The van der Waals surface area contributed by atoms with Gasteiger partial charge in [0.15, 0.2) is 0 Å². The maximum atomic E-state index is 12.0. The summed E-state index contributed by atoms with van der Waals surface area (Å²) >= 11 is 4.87. The van der Waals surface area contributed by atoms with Crippen LogP contribution in [0, 0.1) is 0 Å². The summed E-state index contributed by atoms with van der Waals surface area (Å²) in [5.41, 5.74) is 1.13. The molecule has 4 heteroatoms. The van der Waals surface area contributed by atoms with Crippen LogP contribution in [0.3, 0.4) is 0 Å². The highest BCUT2D eigenvalue weighted by Gasteiger charge is 2.14. The SMILES string of the molecule is CC[C@@H](NC(=O)c1cccs1)c1ccc(Br)cc1. The van der Waals surface area contributed by atoms with E-state index in [4.69, 9.17) is 0 Å². The van der Waals surface area contributed by atoms with Gasteiger partial charge >= 0.3 is 0 Å². The minimum atomic E-state index is -0.000214. The van der Waals surface area contributed by atoms with Gasteiger partial charge in [0.05, 0.1) is 10.9 Å². The van der Waals surface area contributed by atoms with Crippen LogP contribution in [0.2, 0.25) is 0 Å². The van der Waals surface area contributed by atoms with Gasteiger partial charge in [-0.2, -0.15) is 0 Å². The normalized spacial score (nSPS) is 12.1. The quantitative estimate of drug-likeness (QED) is 0.888. The van der Waals surface area contributed by atoms with Crippen molar-refractivity contribution in [1.82, 2.24) is 5.32 Å². The van der Waals surface area contributed by atoms with Crippen LogP contribution in [0.15, 0.2) is 46.3 Å². The highest BCUT2D eigenvalue weighted by Crippen LogP contribution is 2.20. The summed E-state index contributed by atoms with van der Waals surface area (Å²) in [5.74, 6) is -0.000214. The summed E-state index contributed by atoms with van der Waals surface area (Å²) in [5, 5.41) is 4.97. The van der Waals surface area contributed by atoms with E-state index in [-0.39, 0.29) is 11.9 Å². The van der Waals surface area contributed by atoms with Crippen LogP contribution in [-0.4, -0.2) is 5.91 Å². The minimum Gasteiger partial charge on any atom is -0.345 e. The molecule has 0 saturated carbocycles. The van der Waals surface area contributed by atoms with Gasteiger partial charge in [-0.25, -0.2) is 0 Å². The molecule has 0 bridgehead atoms. The van der Waals surface area contributed by atoms with E-state index >= 15 is 0 Å². The van der Waals surface area contributed by atoms with E-state index in [1.807, 2.05) is 41.8 Å². The largest absolute Gasteiger partial charge is 0.345 e. The molecule has 1 N–H and O–H groups in total. The van der Waals surface area contributed by atoms with Crippen LogP contribution in [-0.2, 0) is 0 Å². The van der Waals surface area contributed by atoms with Crippen molar-refractivity contribution in [1.29, 1.82) is 0 Å². The second kappa shape index (κ2) is 6.16. The van der Waals surface area contributed by atoms with Crippen molar-refractivity contribution in [2.24, 2.45) is 0 Å². The fourth-order valence-corrected chi connectivity index (χ4v) is 2.64. The van der Waals surface area contributed by atoms with E-state index in [9.17, 15) is 4.79 Å². The Bertz CT molecular complexity index is 507. The van der Waals surface area contributed by atoms with Crippen LogP contribution < -0.4 is 5.32 Å². The van der Waals surface area contributed by atoms with Crippen molar-refractivity contribution in [3.05, 3.63) is 56.7 Å². The second-order valence-corrected chi connectivity index (χ2v) is 5.83. The Morgan fingerprint density at radius 1 is 1.33 bits per heavy atom. The molecular weight excluding hydrogens is 310 g/mol. The smallest absolute Gasteiger partial charge is 0.261 e. The highest BCUT2D eigenvalue weighted by atomic mass is 79.9. The highest BCUT2D eigenvalue weighted by molar-refractivity contribution is 9.10. The molecule has 94 valence electrons. The van der Waals surface area contributed by atoms with Crippen molar-refractivity contribution >= 4 is 33.2 Å². The van der Waals surface area contributed by atoms with Gasteiger partial charge in [0.2, 0.25) is 0 Å². The van der Waals surface area contributed by atoms with Gasteiger partial charge in [-0.15, -0.1) is 11.3 Å². The molecule has 1 aromatic heterocycles. The topological polar surface area (TPSA) is 29.1 Å². The summed E-state index contributed by atoms with van der Waals surface area (Å²) in [6.07, 6.45) is 0.874. The van der Waals surface area contributed by atoms with Crippen LogP contribution in [0.25, 0.3) is 0 Å². The Kier molecular flexibility index (Phi) is 4.55. The molecule has 0 fully saturated rings. The maximum Gasteiger partial charge on any atom is 0.261 e. The second-order valence-electron chi connectivity index (χ2n) is 3.96. The van der Waals surface area contributed by atoms with E-state index in [2.05, 4.69) is 28.2 Å². The number of halogens is 1.